The van der Waals surface area contributed by atoms with Crippen LogP contribution in [0.4, 0.5) is 0 Å². The third-order valence-electron chi connectivity index (χ3n) is 2.72. The molecule has 90 valence electrons. The summed E-state index contributed by atoms with van der Waals surface area (Å²) in [5.41, 5.74) is 1.28. The second kappa shape index (κ2) is 5.98. The Morgan fingerprint density at radius 3 is 2.69 bits per heavy atom. The molecule has 1 aromatic heterocycles. The summed E-state index contributed by atoms with van der Waals surface area (Å²) in [6.07, 6.45) is 4.04. The number of aromatic nitrogens is 2. The fourth-order valence-corrected chi connectivity index (χ4v) is 4.25. The van der Waals surface area contributed by atoms with Gasteiger partial charge in [0.25, 0.3) is 0 Å². The molecule has 0 radical (unpaired) electrons. The number of nitrogens with zero attached hydrogens (tertiary/aromatic N) is 2. The van der Waals surface area contributed by atoms with Crippen molar-refractivity contribution in [1.29, 1.82) is 0 Å². The third-order valence-corrected chi connectivity index (χ3v) is 5.24. The molecule has 0 bridgehead atoms. The zero-order valence-corrected chi connectivity index (χ0v) is 11.5. The molecule has 0 spiro atoms. The molecule has 1 saturated heterocycles. The molecule has 1 fully saturated rings. The Kier molecular flexibility index (Phi) is 4.61. The van der Waals surface area contributed by atoms with Gasteiger partial charge in [-0.05, 0) is 6.92 Å². The first-order chi connectivity index (χ1) is 7.75. The highest BCUT2D eigenvalue weighted by Crippen LogP contribution is 2.19. The van der Waals surface area contributed by atoms with Gasteiger partial charge in [-0.25, -0.2) is 0 Å². The van der Waals surface area contributed by atoms with Crippen LogP contribution in [0.3, 0.4) is 0 Å². The van der Waals surface area contributed by atoms with Gasteiger partial charge in [0.1, 0.15) is 0 Å². The van der Waals surface area contributed by atoms with Crippen LogP contribution in [0.5, 0.6) is 0 Å². The molecule has 1 aliphatic rings. The molecule has 16 heavy (non-hydrogen) atoms. The summed E-state index contributed by atoms with van der Waals surface area (Å²) >= 11 is 4.12. The SMILES string of the molecule is C[C@H](NC1CSCCSC1)c1cnn(C)c1. The average Bonchev–Trinajstić information content (AvgIpc) is 2.54. The van der Waals surface area contributed by atoms with Crippen molar-refractivity contribution in [2.24, 2.45) is 7.05 Å². The summed E-state index contributed by atoms with van der Waals surface area (Å²) in [5, 5.41) is 7.91. The normalized spacial score (nSPS) is 20.6. The molecular formula is C11H19N3S2. The second-order valence-electron chi connectivity index (χ2n) is 4.18. The van der Waals surface area contributed by atoms with Crippen molar-refractivity contribution in [3.05, 3.63) is 18.0 Å². The third kappa shape index (κ3) is 3.43. The summed E-state index contributed by atoms with van der Waals surface area (Å²) in [6.45, 7) is 2.22. The van der Waals surface area contributed by atoms with Crippen molar-refractivity contribution in [2.75, 3.05) is 23.0 Å². The minimum atomic E-state index is 0.401. The van der Waals surface area contributed by atoms with Gasteiger partial charge in [0, 0.05) is 53.9 Å². The van der Waals surface area contributed by atoms with Crippen molar-refractivity contribution in [3.63, 3.8) is 0 Å². The van der Waals surface area contributed by atoms with Gasteiger partial charge < -0.3 is 5.32 Å². The van der Waals surface area contributed by atoms with Gasteiger partial charge in [-0.2, -0.15) is 28.6 Å². The first kappa shape index (κ1) is 12.3. The lowest BCUT2D eigenvalue weighted by Gasteiger charge is -2.20. The molecule has 0 aromatic carbocycles. The van der Waals surface area contributed by atoms with Crippen molar-refractivity contribution in [2.45, 2.75) is 19.0 Å². The van der Waals surface area contributed by atoms with Crippen LogP contribution in [-0.4, -0.2) is 38.8 Å². The Bertz CT molecular complexity index is 319. The molecule has 0 saturated carbocycles. The van der Waals surface area contributed by atoms with Crippen LogP contribution in [0.25, 0.3) is 0 Å². The van der Waals surface area contributed by atoms with E-state index in [0.717, 1.165) is 0 Å². The van der Waals surface area contributed by atoms with E-state index < -0.39 is 0 Å². The van der Waals surface area contributed by atoms with Crippen molar-refractivity contribution in [1.82, 2.24) is 15.1 Å². The molecule has 3 nitrogen and oxygen atoms in total. The highest BCUT2D eigenvalue weighted by Gasteiger charge is 2.16. The van der Waals surface area contributed by atoms with E-state index in [1.165, 1.54) is 28.6 Å². The molecule has 1 N–H and O–H groups in total. The van der Waals surface area contributed by atoms with Crippen LogP contribution in [0.2, 0.25) is 0 Å². The van der Waals surface area contributed by atoms with Crippen molar-refractivity contribution in [3.8, 4) is 0 Å². The Balaban J connectivity index is 1.88. The van der Waals surface area contributed by atoms with Crippen LogP contribution < -0.4 is 5.32 Å². The van der Waals surface area contributed by atoms with E-state index in [1.807, 2.05) is 17.9 Å². The largest absolute Gasteiger partial charge is 0.306 e. The summed E-state index contributed by atoms with van der Waals surface area (Å²) in [5.74, 6) is 5.06. The van der Waals surface area contributed by atoms with Crippen LogP contribution in [0.15, 0.2) is 12.4 Å². The summed E-state index contributed by atoms with van der Waals surface area (Å²) in [4.78, 5) is 0. The number of rotatable bonds is 3. The van der Waals surface area contributed by atoms with Crippen molar-refractivity contribution < 1.29 is 0 Å². The number of aryl methyl sites for hydroxylation is 1. The fourth-order valence-electron chi connectivity index (χ4n) is 1.83. The Morgan fingerprint density at radius 1 is 1.44 bits per heavy atom. The van der Waals surface area contributed by atoms with Crippen LogP contribution >= 0.6 is 23.5 Å². The van der Waals surface area contributed by atoms with E-state index in [-0.39, 0.29) is 0 Å². The van der Waals surface area contributed by atoms with E-state index in [9.17, 15) is 0 Å². The molecule has 0 unspecified atom stereocenters. The maximum Gasteiger partial charge on any atom is 0.0537 e. The quantitative estimate of drug-likeness (QED) is 0.896. The van der Waals surface area contributed by atoms with Gasteiger partial charge in [0.15, 0.2) is 0 Å². The van der Waals surface area contributed by atoms with E-state index >= 15 is 0 Å². The van der Waals surface area contributed by atoms with Gasteiger partial charge in [-0.15, -0.1) is 0 Å². The number of hydrogen-bond acceptors (Lipinski definition) is 4. The van der Waals surface area contributed by atoms with Gasteiger partial charge >= 0.3 is 0 Å². The smallest absolute Gasteiger partial charge is 0.0537 e. The first-order valence-corrected chi connectivity index (χ1v) is 7.96. The van der Waals surface area contributed by atoms with E-state index in [4.69, 9.17) is 0 Å². The van der Waals surface area contributed by atoms with Crippen LogP contribution in [-0.2, 0) is 7.05 Å². The van der Waals surface area contributed by atoms with Gasteiger partial charge in [0.2, 0.25) is 0 Å². The summed E-state index contributed by atoms with van der Waals surface area (Å²) in [7, 11) is 1.97. The monoisotopic (exact) mass is 257 g/mol. The zero-order chi connectivity index (χ0) is 11.4. The van der Waals surface area contributed by atoms with E-state index in [2.05, 4.69) is 47.1 Å². The van der Waals surface area contributed by atoms with Gasteiger partial charge in [-0.3, -0.25) is 4.68 Å². The lowest BCUT2D eigenvalue weighted by atomic mass is 10.2. The molecule has 1 aliphatic heterocycles. The molecule has 1 atom stereocenters. The predicted octanol–water partition coefficient (Wildman–Crippen LogP) is 1.92. The topological polar surface area (TPSA) is 29.9 Å². The Labute approximate surface area is 106 Å². The van der Waals surface area contributed by atoms with Gasteiger partial charge in [0.05, 0.1) is 6.20 Å². The summed E-state index contributed by atoms with van der Waals surface area (Å²) in [6, 6.07) is 1.03. The number of hydrogen-bond donors (Lipinski definition) is 1. The van der Waals surface area contributed by atoms with E-state index in [0.29, 0.717) is 12.1 Å². The molecule has 2 rings (SSSR count). The maximum atomic E-state index is 4.22. The molecule has 1 aromatic rings. The average molecular weight is 257 g/mol. The number of nitrogens with one attached hydrogen (secondary N) is 1. The highest BCUT2D eigenvalue weighted by atomic mass is 32.2. The van der Waals surface area contributed by atoms with Crippen LogP contribution in [0.1, 0.15) is 18.5 Å². The van der Waals surface area contributed by atoms with Crippen molar-refractivity contribution >= 4 is 23.5 Å². The molecule has 0 amide bonds. The van der Waals surface area contributed by atoms with Gasteiger partial charge in [-0.1, -0.05) is 0 Å². The molecule has 0 aliphatic carbocycles. The van der Waals surface area contributed by atoms with Crippen LogP contribution in [0, 0.1) is 0 Å². The summed E-state index contributed by atoms with van der Waals surface area (Å²) < 4.78 is 1.87. The fraction of sp³-hybridized carbons (Fsp3) is 0.727. The molecular weight excluding hydrogens is 238 g/mol. The molecule has 5 heteroatoms. The predicted molar refractivity (Wildman–Crippen MR) is 73.2 cm³/mol. The lowest BCUT2D eigenvalue weighted by molar-refractivity contribution is 0.516. The molecule has 2 heterocycles. The Hall–Kier alpha value is -0.130. The first-order valence-electron chi connectivity index (χ1n) is 5.66. The number of thioether (sulfide) groups is 2. The van der Waals surface area contributed by atoms with E-state index in [1.54, 1.807) is 0 Å². The second-order valence-corrected chi connectivity index (χ2v) is 6.48. The minimum Gasteiger partial charge on any atom is -0.306 e. The maximum absolute atomic E-state index is 4.22. The minimum absolute atomic E-state index is 0.401. The highest BCUT2D eigenvalue weighted by molar-refractivity contribution is 8.03. The standard InChI is InChI=1S/C11H19N3S2/c1-9(10-5-12-14(2)6-10)13-11-7-15-3-4-16-8-11/h5-6,9,11,13H,3-4,7-8H2,1-2H3/t9-/m0/s1. The lowest BCUT2D eigenvalue weighted by Crippen LogP contribution is -2.35. The Morgan fingerprint density at radius 2 is 2.12 bits per heavy atom. The zero-order valence-electron chi connectivity index (χ0n) is 9.85.